The number of hydrogen-bond donors (Lipinski definition) is 1. The Labute approximate surface area is 248 Å². The van der Waals surface area contributed by atoms with Crippen LogP contribution in [-0.4, -0.2) is 12.8 Å². The van der Waals surface area contributed by atoms with Gasteiger partial charge in [0.15, 0.2) is 11.5 Å². The maximum atomic E-state index is 6.64. The summed E-state index contributed by atoms with van der Waals surface area (Å²) in [7, 11) is 0. The Morgan fingerprint density at radius 2 is 1.80 bits per heavy atom. The fraction of sp³-hybridized carbons (Fsp3) is 0.206. The SMILES string of the molecule is CCOc1cc(C=Nc2ccc([C@@H]3Nc4ccccc4[C@@H]4C=CC[C@@H]43)cc2)cc(Cl)c1OCc1ccc(Br)cc1. The van der Waals surface area contributed by atoms with Gasteiger partial charge in [0.1, 0.15) is 6.61 Å². The van der Waals surface area contributed by atoms with E-state index >= 15 is 0 Å². The third-order valence-electron chi connectivity index (χ3n) is 7.52. The van der Waals surface area contributed by atoms with Crippen LogP contribution in [0.25, 0.3) is 0 Å². The monoisotopic (exact) mass is 612 g/mol. The number of halogens is 2. The first kappa shape index (κ1) is 26.7. The van der Waals surface area contributed by atoms with Crippen LogP contribution in [-0.2, 0) is 6.61 Å². The molecule has 2 aliphatic rings. The van der Waals surface area contributed by atoms with Crippen LogP contribution >= 0.6 is 27.5 Å². The Bertz CT molecular complexity index is 1550. The topological polar surface area (TPSA) is 42.8 Å². The first-order chi connectivity index (χ1) is 19.6. The first-order valence-corrected chi connectivity index (χ1v) is 14.8. The Hall–Kier alpha value is -3.54. The summed E-state index contributed by atoms with van der Waals surface area (Å²) in [5.41, 5.74) is 6.68. The van der Waals surface area contributed by atoms with Gasteiger partial charge in [-0.3, -0.25) is 4.99 Å². The van der Waals surface area contributed by atoms with E-state index < -0.39 is 0 Å². The molecule has 4 aromatic rings. The van der Waals surface area contributed by atoms with Gasteiger partial charge in [0.05, 0.1) is 23.4 Å². The van der Waals surface area contributed by atoms with Crippen LogP contribution in [0, 0.1) is 5.92 Å². The van der Waals surface area contributed by atoms with Gasteiger partial charge in [0.25, 0.3) is 0 Å². The average molecular weight is 614 g/mol. The van der Waals surface area contributed by atoms with Gasteiger partial charge in [-0.1, -0.05) is 82.1 Å². The van der Waals surface area contributed by atoms with Crippen LogP contribution < -0.4 is 14.8 Å². The molecule has 4 nitrogen and oxygen atoms in total. The van der Waals surface area contributed by atoms with E-state index in [9.17, 15) is 0 Å². The lowest BCUT2D eigenvalue weighted by Gasteiger charge is -2.37. The molecule has 0 amide bonds. The minimum absolute atomic E-state index is 0.269. The van der Waals surface area contributed by atoms with Crippen LogP contribution in [0.3, 0.4) is 0 Å². The lowest BCUT2D eigenvalue weighted by Crippen LogP contribution is -2.28. The van der Waals surface area contributed by atoms with Crippen LogP contribution in [0.15, 0.2) is 107 Å². The van der Waals surface area contributed by atoms with Crippen LogP contribution in [0.5, 0.6) is 11.5 Å². The number of fused-ring (bicyclic) bond motifs is 3. The third kappa shape index (κ3) is 5.67. The number of allylic oxidation sites excluding steroid dienone is 2. The first-order valence-electron chi connectivity index (χ1n) is 13.6. The predicted molar refractivity (Wildman–Crippen MR) is 168 cm³/mol. The molecule has 0 radical (unpaired) electrons. The van der Waals surface area contributed by atoms with Gasteiger partial charge in [-0.25, -0.2) is 0 Å². The molecule has 0 spiro atoms. The van der Waals surface area contributed by atoms with Crippen molar-refractivity contribution in [3.63, 3.8) is 0 Å². The summed E-state index contributed by atoms with van der Waals surface area (Å²) in [5, 5.41) is 4.28. The summed E-state index contributed by atoms with van der Waals surface area (Å²) in [4.78, 5) is 4.72. The van der Waals surface area contributed by atoms with Crippen molar-refractivity contribution < 1.29 is 9.47 Å². The highest BCUT2D eigenvalue weighted by Crippen LogP contribution is 2.49. The lowest BCUT2D eigenvalue weighted by atomic mass is 9.77. The van der Waals surface area contributed by atoms with Crippen molar-refractivity contribution >= 4 is 45.1 Å². The highest BCUT2D eigenvalue weighted by Gasteiger charge is 2.37. The standard InChI is InChI=1S/C34H30BrClN2O2/c1-2-39-32-19-23(18-30(36)34(32)40-21-22-10-14-25(35)15-11-22)20-37-26-16-12-24(13-17-26)33-29-8-5-7-27(29)28-6-3-4-9-31(28)38-33/h3-7,9-20,27,29,33,38H,2,8,21H2,1H3/t27-,29-,33-/m0/s1. The molecule has 0 saturated carbocycles. The molecule has 1 heterocycles. The van der Waals surface area contributed by atoms with Gasteiger partial charge in [-0.15, -0.1) is 0 Å². The molecule has 3 atom stereocenters. The van der Waals surface area contributed by atoms with Crippen molar-refractivity contribution in [3.8, 4) is 11.5 Å². The summed E-state index contributed by atoms with van der Waals surface area (Å²) < 4.78 is 13.0. The summed E-state index contributed by atoms with van der Waals surface area (Å²) in [6.07, 6.45) is 7.59. The van der Waals surface area contributed by atoms with E-state index in [1.54, 1.807) is 0 Å². The number of para-hydroxylation sites is 1. The summed E-state index contributed by atoms with van der Waals surface area (Å²) in [6.45, 7) is 2.84. The molecule has 1 N–H and O–H groups in total. The number of benzene rings is 4. The number of aliphatic imine (C=N–C) groups is 1. The van der Waals surface area contributed by atoms with Gasteiger partial charge >= 0.3 is 0 Å². The van der Waals surface area contributed by atoms with Gasteiger partial charge in [-0.2, -0.15) is 0 Å². The summed E-state index contributed by atoms with van der Waals surface area (Å²) >= 11 is 10.1. The highest BCUT2D eigenvalue weighted by molar-refractivity contribution is 9.10. The second kappa shape index (κ2) is 11.9. The molecular formula is C34H30BrClN2O2. The van der Waals surface area contributed by atoms with Gasteiger partial charge < -0.3 is 14.8 Å². The van der Waals surface area contributed by atoms with Crippen molar-refractivity contribution in [2.75, 3.05) is 11.9 Å². The minimum atomic E-state index is 0.269. The maximum Gasteiger partial charge on any atom is 0.180 e. The molecular weight excluding hydrogens is 584 g/mol. The summed E-state index contributed by atoms with van der Waals surface area (Å²) in [5.74, 6) is 2.13. The zero-order valence-corrected chi connectivity index (χ0v) is 24.5. The molecule has 202 valence electrons. The zero-order chi connectivity index (χ0) is 27.5. The fourth-order valence-electron chi connectivity index (χ4n) is 5.59. The van der Waals surface area contributed by atoms with E-state index in [4.69, 9.17) is 26.1 Å². The number of hydrogen-bond acceptors (Lipinski definition) is 4. The number of nitrogens with one attached hydrogen (secondary N) is 1. The highest BCUT2D eigenvalue weighted by atomic mass is 79.9. The summed E-state index contributed by atoms with van der Waals surface area (Å²) in [6, 6.07) is 29.2. The zero-order valence-electron chi connectivity index (χ0n) is 22.2. The van der Waals surface area contributed by atoms with Crippen molar-refractivity contribution in [2.45, 2.75) is 31.9 Å². The Morgan fingerprint density at radius 3 is 2.60 bits per heavy atom. The molecule has 40 heavy (non-hydrogen) atoms. The normalized spacial score (nSPS) is 19.2. The van der Waals surface area contributed by atoms with E-state index in [2.05, 4.69) is 81.9 Å². The molecule has 6 heteroatoms. The molecule has 1 aliphatic carbocycles. The van der Waals surface area contributed by atoms with Crippen molar-refractivity contribution in [1.29, 1.82) is 0 Å². The average Bonchev–Trinajstić information content (AvgIpc) is 3.47. The smallest absolute Gasteiger partial charge is 0.180 e. The Kier molecular flexibility index (Phi) is 7.94. The third-order valence-corrected chi connectivity index (χ3v) is 8.32. The van der Waals surface area contributed by atoms with Crippen molar-refractivity contribution in [1.82, 2.24) is 0 Å². The fourth-order valence-corrected chi connectivity index (χ4v) is 6.13. The van der Waals surface area contributed by atoms with E-state index in [0.29, 0.717) is 41.6 Å². The number of ether oxygens (including phenoxy) is 2. The van der Waals surface area contributed by atoms with Gasteiger partial charge in [0, 0.05) is 22.3 Å². The quantitative estimate of drug-likeness (QED) is 0.159. The maximum absolute atomic E-state index is 6.64. The van der Waals surface area contributed by atoms with E-state index in [1.807, 2.05) is 49.5 Å². The van der Waals surface area contributed by atoms with Gasteiger partial charge in [0.2, 0.25) is 0 Å². The van der Waals surface area contributed by atoms with E-state index in [1.165, 1.54) is 16.8 Å². The molecule has 6 rings (SSSR count). The molecule has 0 bridgehead atoms. The van der Waals surface area contributed by atoms with Crippen molar-refractivity contribution in [2.24, 2.45) is 10.9 Å². The molecule has 0 saturated heterocycles. The van der Waals surface area contributed by atoms with Gasteiger partial charge in [-0.05, 0) is 84.0 Å². The van der Waals surface area contributed by atoms with Crippen molar-refractivity contribution in [3.05, 3.63) is 129 Å². The second-order valence-corrected chi connectivity index (χ2v) is 11.4. The molecule has 1 aliphatic heterocycles. The van der Waals surface area contributed by atoms with E-state index in [0.717, 1.165) is 27.7 Å². The van der Waals surface area contributed by atoms with Crippen LogP contribution in [0.1, 0.15) is 47.6 Å². The molecule has 4 aromatic carbocycles. The van der Waals surface area contributed by atoms with Crippen LogP contribution in [0.4, 0.5) is 11.4 Å². The second-order valence-electron chi connectivity index (χ2n) is 10.1. The number of nitrogens with zero attached hydrogens (tertiary/aromatic N) is 1. The predicted octanol–water partition coefficient (Wildman–Crippen LogP) is 9.66. The largest absolute Gasteiger partial charge is 0.490 e. The molecule has 0 fully saturated rings. The molecule has 0 aromatic heterocycles. The number of rotatable bonds is 8. The molecule has 0 unspecified atom stereocenters. The van der Waals surface area contributed by atoms with Crippen LogP contribution in [0.2, 0.25) is 5.02 Å². The minimum Gasteiger partial charge on any atom is -0.490 e. The Balaban J connectivity index is 1.17. The lowest BCUT2D eigenvalue weighted by molar-refractivity contribution is 0.269. The number of anilines is 1. The Morgan fingerprint density at radius 1 is 1.00 bits per heavy atom. The van der Waals surface area contributed by atoms with E-state index in [-0.39, 0.29) is 6.04 Å².